The maximum absolute atomic E-state index is 13.6. The summed E-state index contributed by atoms with van der Waals surface area (Å²) < 4.78 is 6.57. The molecule has 4 rings (SSSR count). The van der Waals surface area contributed by atoms with E-state index in [4.69, 9.17) is 9.72 Å². The summed E-state index contributed by atoms with van der Waals surface area (Å²) in [6, 6.07) is 12.3. The molecule has 1 fully saturated rings. The van der Waals surface area contributed by atoms with Crippen LogP contribution in [0.1, 0.15) is 33.5 Å². The molecule has 158 valence electrons. The summed E-state index contributed by atoms with van der Waals surface area (Å²) in [5.41, 5.74) is 5.01. The van der Waals surface area contributed by atoms with Crippen LogP contribution < -0.4 is 4.90 Å². The second-order valence-corrected chi connectivity index (χ2v) is 9.06. The molecular weight excluding hydrogens is 394 g/mol. The SMILES string of the molecule is Cc1ccc(C)c(C(=O)N(CCCN2CCOCC2)c2nc3ccc(C)cc3s2)c1. The molecule has 0 spiro atoms. The summed E-state index contributed by atoms with van der Waals surface area (Å²) in [5.74, 6) is 0.0361. The Hall–Kier alpha value is -2.28. The lowest BCUT2D eigenvalue weighted by molar-refractivity contribution is 0.0376. The van der Waals surface area contributed by atoms with Crippen LogP contribution in [0.5, 0.6) is 0 Å². The van der Waals surface area contributed by atoms with Gasteiger partial charge in [-0.3, -0.25) is 14.6 Å². The van der Waals surface area contributed by atoms with Crippen LogP contribution in [0.2, 0.25) is 0 Å². The van der Waals surface area contributed by atoms with E-state index in [1.165, 1.54) is 5.56 Å². The van der Waals surface area contributed by atoms with Gasteiger partial charge in [-0.05, 0) is 56.5 Å². The number of aromatic nitrogens is 1. The maximum atomic E-state index is 13.6. The first kappa shape index (κ1) is 21.0. The molecule has 0 bridgehead atoms. The van der Waals surface area contributed by atoms with E-state index in [0.29, 0.717) is 6.54 Å². The molecule has 6 heteroatoms. The molecular formula is C24H29N3O2S. The van der Waals surface area contributed by atoms with Gasteiger partial charge in [0.15, 0.2) is 5.13 Å². The average molecular weight is 424 g/mol. The standard InChI is InChI=1S/C24H29N3O2S/c1-17-5-7-19(3)20(15-17)23(28)27(10-4-9-26-11-13-29-14-12-26)24-25-21-8-6-18(2)16-22(21)30-24/h5-8,15-16H,4,9-14H2,1-3H3. The van der Waals surface area contributed by atoms with E-state index in [1.807, 2.05) is 36.9 Å². The van der Waals surface area contributed by atoms with Crippen molar-refractivity contribution >= 4 is 32.6 Å². The predicted molar refractivity (Wildman–Crippen MR) is 124 cm³/mol. The quantitative estimate of drug-likeness (QED) is 0.582. The number of aryl methyl sites for hydroxylation is 3. The minimum Gasteiger partial charge on any atom is -0.379 e. The Morgan fingerprint density at radius 3 is 2.63 bits per heavy atom. The van der Waals surface area contributed by atoms with Gasteiger partial charge in [-0.1, -0.05) is 35.1 Å². The lowest BCUT2D eigenvalue weighted by Gasteiger charge is -2.28. The van der Waals surface area contributed by atoms with Gasteiger partial charge in [-0.2, -0.15) is 0 Å². The van der Waals surface area contributed by atoms with E-state index < -0.39 is 0 Å². The largest absolute Gasteiger partial charge is 0.379 e. The highest BCUT2D eigenvalue weighted by Crippen LogP contribution is 2.31. The fraction of sp³-hybridized carbons (Fsp3) is 0.417. The topological polar surface area (TPSA) is 45.7 Å². The lowest BCUT2D eigenvalue weighted by atomic mass is 10.0. The van der Waals surface area contributed by atoms with E-state index in [0.717, 1.165) is 71.3 Å². The zero-order valence-corrected chi connectivity index (χ0v) is 18.8. The molecule has 0 radical (unpaired) electrons. The number of anilines is 1. The van der Waals surface area contributed by atoms with Crippen LogP contribution >= 0.6 is 11.3 Å². The van der Waals surface area contributed by atoms with Crippen LogP contribution in [-0.4, -0.2) is 55.2 Å². The number of hydrogen-bond acceptors (Lipinski definition) is 5. The van der Waals surface area contributed by atoms with Gasteiger partial charge in [0.25, 0.3) is 5.91 Å². The van der Waals surface area contributed by atoms with E-state index in [-0.39, 0.29) is 5.91 Å². The van der Waals surface area contributed by atoms with Crippen molar-refractivity contribution in [1.82, 2.24) is 9.88 Å². The highest BCUT2D eigenvalue weighted by Gasteiger charge is 2.23. The number of hydrogen-bond donors (Lipinski definition) is 0. The van der Waals surface area contributed by atoms with E-state index in [1.54, 1.807) is 11.3 Å². The number of nitrogens with zero attached hydrogens (tertiary/aromatic N) is 3. The summed E-state index contributed by atoms with van der Waals surface area (Å²) in [7, 11) is 0. The lowest BCUT2D eigenvalue weighted by Crippen LogP contribution is -2.39. The first-order valence-electron chi connectivity index (χ1n) is 10.6. The molecule has 1 amide bonds. The first-order valence-corrected chi connectivity index (χ1v) is 11.4. The summed E-state index contributed by atoms with van der Waals surface area (Å²) in [4.78, 5) is 22.7. The monoisotopic (exact) mass is 423 g/mol. The molecule has 0 aliphatic carbocycles. The fourth-order valence-corrected chi connectivity index (χ4v) is 4.90. The third kappa shape index (κ3) is 4.72. The first-order chi connectivity index (χ1) is 14.5. The average Bonchev–Trinajstić information content (AvgIpc) is 3.16. The van der Waals surface area contributed by atoms with Crippen molar-refractivity contribution in [2.45, 2.75) is 27.2 Å². The van der Waals surface area contributed by atoms with Crippen molar-refractivity contribution in [2.75, 3.05) is 44.3 Å². The minimum atomic E-state index is 0.0361. The predicted octanol–water partition coefficient (Wildman–Crippen LogP) is 4.59. The van der Waals surface area contributed by atoms with Crippen LogP contribution in [0, 0.1) is 20.8 Å². The molecule has 0 N–H and O–H groups in total. The molecule has 0 saturated carbocycles. The summed E-state index contributed by atoms with van der Waals surface area (Å²) in [6.45, 7) is 11.2. The molecule has 30 heavy (non-hydrogen) atoms. The van der Waals surface area contributed by atoms with Gasteiger partial charge in [0.1, 0.15) is 0 Å². The molecule has 0 atom stereocenters. The third-order valence-electron chi connectivity index (χ3n) is 5.59. The van der Waals surface area contributed by atoms with Crippen LogP contribution in [0.3, 0.4) is 0 Å². The summed E-state index contributed by atoms with van der Waals surface area (Å²) >= 11 is 1.60. The fourth-order valence-electron chi connectivity index (χ4n) is 3.81. The number of fused-ring (bicyclic) bond motifs is 1. The Balaban J connectivity index is 1.60. The molecule has 2 heterocycles. The van der Waals surface area contributed by atoms with Gasteiger partial charge in [-0.15, -0.1) is 0 Å². The Morgan fingerprint density at radius 1 is 1.10 bits per heavy atom. The number of thiazole rings is 1. The van der Waals surface area contributed by atoms with Gasteiger partial charge in [0.05, 0.1) is 23.4 Å². The number of carbonyl (C=O) groups excluding carboxylic acids is 1. The number of carbonyl (C=O) groups is 1. The second kappa shape index (κ2) is 9.25. The molecule has 5 nitrogen and oxygen atoms in total. The number of morpholine rings is 1. The zero-order chi connectivity index (χ0) is 21.1. The number of amides is 1. The summed E-state index contributed by atoms with van der Waals surface area (Å²) in [5, 5.41) is 0.781. The molecule has 3 aromatic rings. The molecule has 1 saturated heterocycles. The Morgan fingerprint density at radius 2 is 1.83 bits per heavy atom. The van der Waals surface area contributed by atoms with Crippen molar-refractivity contribution in [3.63, 3.8) is 0 Å². The highest BCUT2D eigenvalue weighted by molar-refractivity contribution is 7.22. The molecule has 1 aliphatic rings. The highest BCUT2D eigenvalue weighted by atomic mass is 32.1. The molecule has 1 aliphatic heterocycles. The van der Waals surface area contributed by atoms with Crippen molar-refractivity contribution < 1.29 is 9.53 Å². The maximum Gasteiger partial charge on any atom is 0.260 e. The number of benzene rings is 2. The Labute approximate surface area is 182 Å². The Bertz CT molecular complexity index is 1040. The van der Waals surface area contributed by atoms with E-state index in [2.05, 4.69) is 30.0 Å². The van der Waals surface area contributed by atoms with Crippen LogP contribution in [0.25, 0.3) is 10.2 Å². The third-order valence-corrected chi connectivity index (χ3v) is 6.63. The van der Waals surface area contributed by atoms with Crippen LogP contribution in [0.4, 0.5) is 5.13 Å². The van der Waals surface area contributed by atoms with Gasteiger partial charge in [-0.25, -0.2) is 4.98 Å². The zero-order valence-electron chi connectivity index (χ0n) is 18.0. The van der Waals surface area contributed by atoms with Gasteiger partial charge in [0, 0.05) is 31.7 Å². The number of ether oxygens (including phenoxy) is 1. The molecule has 1 aromatic heterocycles. The van der Waals surface area contributed by atoms with Crippen LogP contribution in [-0.2, 0) is 4.74 Å². The van der Waals surface area contributed by atoms with Gasteiger partial charge in [0.2, 0.25) is 0 Å². The van der Waals surface area contributed by atoms with Crippen LogP contribution in [0.15, 0.2) is 36.4 Å². The molecule has 0 unspecified atom stereocenters. The van der Waals surface area contributed by atoms with Crippen molar-refractivity contribution in [2.24, 2.45) is 0 Å². The normalized spacial score (nSPS) is 14.9. The van der Waals surface area contributed by atoms with Gasteiger partial charge >= 0.3 is 0 Å². The Kier molecular flexibility index (Phi) is 6.46. The minimum absolute atomic E-state index is 0.0361. The molecule has 2 aromatic carbocycles. The van der Waals surface area contributed by atoms with Crippen molar-refractivity contribution in [3.05, 3.63) is 58.7 Å². The number of rotatable bonds is 6. The van der Waals surface area contributed by atoms with Crippen molar-refractivity contribution in [3.8, 4) is 0 Å². The van der Waals surface area contributed by atoms with Gasteiger partial charge < -0.3 is 4.74 Å². The van der Waals surface area contributed by atoms with E-state index >= 15 is 0 Å². The second-order valence-electron chi connectivity index (χ2n) is 8.05. The smallest absolute Gasteiger partial charge is 0.260 e. The van der Waals surface area contributed by atoms with E-state index in [9.17, 15) is 4.79 Å². The van der Waals surface area contributed by atoms with Crippen molar-refractivity contribution in [1.29, 1.82) is 0 Å². The summed E-state index contributed by atoms with van der Waals surface area (Å²) in [6.07, 6.45) is 0.908.